The van der Waals surface area contributed by atoms with Gasteiger partial charge in [0.2, 0.25) is 5.95 Å². The van der Waals surface area contributed by atoms with Crippen molar-refractivity contribution in [1.29, 1.82) is 0 Å². The summed E-state index contributed by atoms with van der Waals surface area (Å²) in [5.41, 5.74) is 1.04. The molecule has 1 rings (SSSR count). The van der Waals surface area contributed by atoms with E-state index in [1.165, 1.54) is 0 Å². The van der Waals surface area contributed by atoms with Gasteiger partial charge in [0.1, 0.15) is 0 Å². The summed E-state index contributed by atoms with van der Waals surface area (Å²) in [5.74, 6) is 2.03. The Kier molecular flexibility index (Phi) is 5.69. The van der Waals surface area contributed by atoms with E-state index in [0.717, 1.165) is 23.9 Å². The molecular formula is C11H21N3OS. The Balaban J connectivity index is 2.66. The average Bonchev–Trinajstić information content (AvgIpc) is 2.61. The predicted octanol–water partition coefficient (Wildman–Crippen LogP) is 2.17. The number of anilines is 1. The van der Waals surface area contributed by atoms with Gasteiger partial charge in [-0.15, -0.1) is 0 Å². The normalized spacial score (nSPS) is 12.8. The number of hydrogen-bond acceptors (Lipinski definition) is 4. The molecule has 0 saturated carbocycles. The number of aryl methyl sites for hydroxylation is 1. The number of nitrogens with zero attached hydrogens (tertiary/aromatic N) is 2. The summed E-state index contributed by atoms with van der Waals surface area (Å²) >= 11 is 1.83. The van der Waals surface area contributed by atoms with Crippen LogP contribution in [-0.4, -0.2) is 41.8 Å². The largest absolute Gasteiger partial charge is 0.383 e. The van der Waals surface area contributed by atoms with Crippen LogP contribution < -0.4 is 5.32 Å². The van der Waals surface area contributed by atoms with Gasteiger partial charge < -0.3 is 14.6 Å². The summed E-state index contributed by atoms with van der Waals surface area (Å²) in [5, 5.41) is 3.35. The molecule has 0 saturated heterocycles. The Hall–Kier alpha value is -0.680. The van der Waals surface area contributed by atoms with E-state index in [9.17, 15) is 0 Å². The quantitative estimate of drug-likeness (QED) is 0.745. The number of aromatic nitrogens is 2. The summed E-state index contributed by atoms with van der Waals surface area (Å²) in [6.45, 7) is 5.78. The van der Waals surface area contributed by atoms with Crippen molar-refractivity contribution >= 4 is 17.7 Å². The Morgan fingerprint density at radius 3 is 3.00 bits per heavy atom. The van der Waals surface area contributed by atoms with Crippen LogP contribution in [-0.2, 0) is 4.74 Å². The lowest BCUT2D eigenvalue weighted by Crippen LogP contribution is -2.15. The van der Waals surface area contributed by atoms with Gasteiger partial charge in [0.05, 0.1) is 18.3 Å². The molecule has 1 aromatic rings. The molecule has 0 aliphatic carbocycles. The van der Waals surface area contributed by atoms with E-state index in [-0.39, 0.29) is 0 Å². The van der Waals surface area contributed by atoms with E-state index < -0.39 is 0 Å². The zero-order valence-corrected chi connectivity index (χ0v) is 11.3. The highest BCUT2D eigenvalue weighted by Crippen LogP contribution is 2.16. The highest BCUT2D eigenvalue weighted by Gasteiger charge is 2.10. The summed E-state index contributed by atoms with van der Waals surface area (Å²) in [6, 6.07) is 0.308. The summed E-state index contributed by atoms with van der Waals surface area (Å²) < 4.78 is 7.31. The highest BCUT2D eigenvalue weighted by molar-refractivity contribution is 7.98. The molecule has 0 aliphatic heterocycles. The van der Waals surface area contributed by atoms with Crippen molar-refractivity contribution in [2.75, 3.05) is 37.6 Å². The lowest BCUT2D eigenvalue weighted by atomic mass is 10.3. The minimum absolute atomic E-state index is 0.308. The van der Waals surface area contributed by atoms with Crippen LogP contribution in [0.4, 0.5) is 5.95 Å². The third kappa shape index (κ3) is 3.72. The molecule has 5 heteroatoms. The van der Waals surface area contributed by atoms with E-state index in [0.29, 0.717) is 12.6 Å². The van der Waals surface area contributed by atoms with E-state index in [1.54, 1.807) is 7.11 Å². The van der Waals surface area contributed by atoms with Crippen LogP contribution in [0.5, 0.6) is 0 Å². The molecule has 1 aromatic heterocycles. The Morgan fingerprint density at radius 2 is 2.38 bits per heavy atom. The lowest BCUT2D eigenvalue weighted by Gasteiger charge is -2.15. The molecule has 0 radical (unpaired) electrons. The highest BCUT2D eigenvalue weighted by atomic mass is 32.2. The van der Waals surface area contributed by atoms with Crippen molar-refractivity contribution in [3.8, 4) is 0 Å². The van der Waals surface area contributed by atoms with Crippen LogP contribution >= 0.6 is 11.8 Å². The van der Waals surface area contributed by atoms with Crippen LogP contribution in [0, 0.1) is 6.92 Å². The fraction of sp³-hybridized carbons (Fsp3) is 0.727. The van der Waals surface area contributed by atoms with E-state index in [2.05, 4.69) is 34.2 Å². The van der Waals surface area contributed by atoms with Crippen LogP contribution in [0.2, 0.25) is 0 Å². The molecule has 1 heterocycles. The van der Waals surface area contributed by atoms with E-state index in [1.807, 2.05) is 18.7 Å². The van der Waals surface area contributed by atoms with Crippen LogP contribution in [0.1, 0.15) is 18.7 Å². The lowest BCUT2D eigenvalue weighted by molar-refractivity contribution is 0.163. The first-order chi connectivity index (χ1) is 7.69. The van der Waals surface area contributed by atoms with Gasteiger partial charge in [0.15, 0.2) is 0 Å². The standard InChI is InChI=1S/C11H21N3OS/c1-9-7-14(10(2)8-15-3)11(13-9)12-5-6-16-4/h7,10H,5-6,8H2,1-4H3,(H,12,13). The van der Waals surface area contributed by atoms with Gasteiger partial charge in [-0.3, -0.25) is 0 Å². The first kappa shape index (κ1) is 13.4. The van der Waals surface area contributed by atoms with Gasteiger partial charge in [0.25, 0.3) is 0 Å². The van der Waals surface area contributed by atoms with Crippen LogP contribution in [0.25, 0.3) is 0 Å². The maximum Gasteiger partial charge on any atom is 0.203 e. The summed E-state index contributed by atoms with van der Waals surface area (Å²) in [7, 11) is 1.72. The molecule has 4 nitrogen and oxygen atoms in total. The SMILES string of the molecule is COCC(C)n1cc(C)nc1NCCSC. The minimum Gasteiger partial charge on any atom is -0.383 e. The second kappa shape index (κ2) is 6.81. The van der Waals surface area contributed by atoms with Gasteiger partial charge in [-0.25, -0.2) is 4.98 Å². The number of methoxy groups -OCH3 is 1. The van der Waals surface area contributed by atoms with Crippen LogP contribution in [0.15, 0.2) is 6.20 Å². The molecule has 1 atom stereocenters. The number of rotatable bonds is 7. The first-order valence-electron chi connectivity index (χ1n) is 5.46. The third-order valence-corrected chi connectivity index (χ3v) is 2.94. The van der Waals surface area contributed by atoms with Crippen LogP contribution in [0.3, 0.4) is 0 Å². The van der Waals surface area contributed by atoms with Gasteiger partial charge in [-0.05, 0) is 20.1 Å². The zero-order chi connectivity index (χ0) is 12.0. The molecule has 0 spiro atoms. The molecule has 0 fully saturated rings. The number of ether oxygens (including phenoxy) is 1. The molecule has 1 unspecified atom stereocenters. The topological polar surface area (TPSA) is 39.1 Å². The molecule has 1 N–H and O–H groups in total. The molecule has 0 amide bonds. The number of thioether (sulfide) groups is 1. The second-order valence-electron chi connectivity index (χ2n) is 3.84. The number of nitrogens with one attached hydrogen (secondary N) is 1. The first-order valence-corrected chi connectivity index (χ1v) is 6.85. The molecule has 0 aliphatic rings. The molecule has 0 bridgehead atoms. The van der Waals surface area contributed by atoms with E-state index in [4.69, 9.17) is 4.74 Å². The van der Waals surface area contributed by atoms with Crippen molar-refractivity contribution < 1.29 is 4.74 Å². The molecule has 0 aromatic carbocycles. The van der Waals surface area contributed by atoms with E-state index >= 15 is 0 Å². The smallest absolute Gasteiger partial charge is 0.203 e. The van der Waals surface area contributed by atoms with Crippen molar-refractivity contribution in [1.82, 2.24) is 9.55 Å². The molecule has 16 heavy (non-hydrogen) atoms. The predicted molar refractivity (Wildman–Crippen MR) is 70.4 cm³/mol. The van der Waals surface area contributed by atoms with Gasteiger partial charge >= 0.3 is 0 Å². The summed E-state index contributed by atoms with van der Waals surface area (Å²) in [6.07, 6.45) is 4.16. The number of hydrogen-bond donors (Lipinski definition) is 1. The summed E-state index contributed by atoms with van der Waals surface area (Å²) in [4.78, 5) is 4.47. The van der Waals surface area contributed by atoms with Crippen molar-refractivity contribution in [3.63, 3.8) is 0 Å². The van der Waals surface area contributed by atoms with Crippen molar-refractivity contribution in [2.45, 2.75) is 19.9 Å². The van der Waals surface area contributed by atoms with Gasteiger partial charge in [0, 0.05) is 25.6 Å². The van der Waals surface area contributed by atoms with Gasteiger partial charge in [-0.2, -0.15) is 11.8 Å². The Bertz CT molecular complexity index is 314. The maximum absolute atomic E-state index is 5.17. The molecule has 92 valence electrons. The average molecular weight is 243 g/mol. The monoisotopic (exact) mass is 243 g/mol. The zero-order valence-electron chi connectivity index (χ0n) is 10.5. The Labute approximate surface area is 102 Å². The minimum atomic E-state index is 0.308. The molecular weight excluding hydrogens is 222 g/mol. The van der Waals surface area contributed by atoms with Gasteiger partial charge in [-0.1, -0.05) is 0 Å². The second-order valence-corrected chi connectivity index (χ2v) is 4.82. The van der Waals surface area contributed by atoms with Crippen molar-refractivity contribution in [2.24, 2.45) is 0 Å². The fourth-order valence-electron chi connectivity index (χ4n) is 1.57. The third-order valence-electron chi connectivity index (χ3n) is 2.32. The van der Waals surface area contributed by atoms with Crippen molar-refractivity contribution in [3.05, 3.63) is 11.9 Å². The maximum atomic E-state index is 5.17. The fourth-order valence-corrected chi connectivity index (χ4v) is 1.88. The number of imidazole rings is 1. The Morgan fingerprint density at radius 1 is 1.62 bits per heavy atom.